The van der Waals surface area contributed by atoms with Crippen LogP contribution < -0.4 is 11.2 Å². The molecule has 39 heavy (non-hydrogen) atoms. The minimum atomic E-state index is -4.36. The summed E-state index contributed by atoms with van der Waals surface area (Å²) in [6, 6.07) is 0. The Hall–Kier alpha value is -2.46. The molecule has 2 atom stereocenters. The minimum Gasteiger partial charge on any atom is -0.437 e. The molecule has 17 heteroatoms. The summed E-state index contributed by atoms with van der Waals surface area (Å²) >= 11 is 0. The van der Waals surface area contributed by atoms with Crippen LogP contribution in [0.15, 0.2) is 15.8 Å². The maximum absolute atomic E-state index is 13.1. The number of ether oxygens (including phenoxy) is 3. The van der Waals surface area contributed by atoms with Crippen LogP contribution in [0.3, 0.4) is 0 Å². The molecule has 226 valence electrons. The van der Waals surface area contributed by atoms with E-state index in [1.54, 1.807) is 41.5 Å². The van der Waals surface area contributed by atoms with Crippen LogP contribution >= 0.6 is 7.82 Å². The summed E-state index contributed by atoms with van der Waals surface area (Å²) in [5.41, 5.74) is -3.02. The van der Waals surface area contributed by atoms with E-state index >= 15 is 0 Å². The molecule has 2 heterocycles. The zero-order valence-electron chi connectivity index (χ0n) is 23.5. The van der Waals surface area contributed by atoms with Crippen LogP contribution in [0.5, 0.6) is 0 Å². The summed E-state index contributed by atoms with van der Waals surface area (Å²) in [5, 5.41) is 17.8. The van der Waals surface area contributed by atoms with Gasteiger partial charge in [0.05, 0.1) is 23.5 Å². The molecule has 1 aliphatic rings. The third kappa shape index (κ3) is 13.0. The molecule has 1 saturated heterocycles. The fourth-order valence-corrected chi connectivity index (χ4v) is 3.50. The number of esters is 2. The quantitative estimate of drug-likeness (QED) is 0.199. The molecule has 1 aliphatic heterocycles. The van der Waals surface area contributed by atoms with Crippen LogP contribution in [-0.4, -0.2) is 77.4 Å². The van der Waals surface area contributed by atoms with Crippen molar-refractivity contribution in [2.45, 2.75) is 66.7 Å². The standard InChI is InChI=1S/C20H32N3O11P.2CH4O/c1-19(2,3)16(25)29-11-32-35(28,33-12-30-17(26)20(4,5)6)31-10-13-7-8-15(34-13)23-18(27)22-14(24)9-21-23;2*1-2/h9,13,15H,7-8,10-12H2,1-6H3,(H,22,24,27);2*2H,1H3. The Morgan fingerprint density at radius 1 is 0.974 bits per heavy atom. The lowest BCUT2D eigenvalue weighted by molar-refractivity contribution is -0.163. The van der Waals surface area contributed by atoms with Crippen LogP contribution in [0, 0.1) is 10.8 Å². The number of nitrogens with zero attached hydrogens (tertiary/aromatic N) is 2. The summed E-state index contributed by atoms with van der Waals surface area (Å²) in [4.78, 5) is 49.0. The first-order chi connectivity index (χ1) is 18.1. The number of hydrogen-bond acceptors (Lipinski definition) is 14. The summed E-state index contributed by atoms with van der Waals surface area (Å²) in [6.07, 6.45) is 0.314. The second kappa shape index (κ2) is 16.6. The zero-order chi connectivity index (χ0) is 30.4. The van der Waals surface area contributed by atoms with Crippen molar-refractivity contribution in [1.82, 2.24) is 14.8 Å². The molecule has 0 aromatic carbocycles. The lowest BCUT2D eigenvalue weighted by Crippen LogP contribution is -2.34. The smallest absolute Gasteiger partial charge is 0.437 e. The van der Waals surface area contributed by atoms with Gasteiger partial charge in [-0.1, -0.05) is 0 Å². The summed E-state index contributed by atoms with van der Waals surface area (Å²) in [6.45, 7) is 8.03. The Bertz CT molecular complexity index is 1020. The van der Waals surface area contributed by atoms with E-state index in [1.165, 1.54) is 0 Å². The van der Waals surface area contributed by atoms with Crippen molar-refractivity contribution in [2.24, 2.45) is 10.8 Å². The largest absolute Gasteiger partial charge is 0.480 e. The second-order valence-corrected chi connectivity index (χ2v) is 11.4. The van der Waals surface area contributed by atoms with Gasteiger partial charge in [-0.25, -0.2) is 18.4 Å². The van der Waals surface area contributed by atoms with Crippen LogP contribution in [-0.2, 0) is 41.9 Å². The van der Waals surface area contributed by atoms with Crippen molar-refractivity contribution >= 4 is 19.8 Å². The van der Waals surface area contributed by atoms with Crippen molar-refractivity contribution < 1.29 is 52.1 Å². The van der Waals surface area contributed by atoms with Gasteiger partial charge in [0.2, 0.25) is 13.6 Å². The third-order valence-electron chi connectivity index (χ3n) is 4.54. The van der Waals surface area contributed by atoms with Gasteiger partial charge in [-0.3, -0.25) is 23.9 Å². The Balaban J connectivity index is 0.00000344. The molecule has 2 rings (SSSR count). The molecule has 3 N–H and O–H groups in total. The lowest BCUT2D eigenvalue weighted by Gasteiger charge is -2.22. The zero-order valence-corrected chi connectivity index (χ0v) is 24.4. The Kier molecular flexibility index (Phi) is 15.6. The molecule has 0 saturated carbocycles. The monoisotopic (exact) mass is 585 g/mol. The minimum absolute atomic E-state index is 0.285. The number of phosphoric acid groups is 1. The van der Waals surface area contributed by atoms with E-state index in [0.717, 1.165) is 25.1 Å². The van der Waals surface area contributed by atoms with Gasteiger partial charge < -0.3 is 24.4 Å². The lowest BCUT2D eigenvalue weighted by atomic mass is 9.98. The van der Waals surface area contributed by atoms with E-state index in [-0.39, 0.29) is 6.61 Å². The molecule has 16 nitrogen and oxygen atoms in total. The number of carbonyl (C=O) groups is 2. The van der Waals surface area contributed by atoms with Gasteiger partial charge in [-0.05, 0) is 54.4 Å². The topological polar surface area (TPSA) is 215 Å². The number of aromatic nitrogens is 3. The van der Waals surface area contributed by atoms with Crippen molar-refractivity contribution in [1.29, 1.82) is 0 Å². The maximum atomic E-state index is 13.1. The molecule has 1 fully saturated rings. The van der Waals surface area contributed by atoms with E-state index in [4.69, 9.17) is 38.0 Å². The molecule has 0 aliphatic carbocycles. The maximum Gasteiger partial charge on any atom is 0.480 e. The molecule has 1 aromatic heterocycles. The van der Waals surface area contributed by atoms with Crippen LogP contribution in [0.4, 0.5) is 0 Å². The number of rotatable bonds is 10. The Morgan fingerprint density at radius 3 is 1.90 bits per heavy atom. The molecule has 2 unspecified atom stereocenters. The first-order valence-corrected chi connectivity index (χ1v) is 13.2. The normalized spacial score (nSPS) is 17.3. The van der Waals surface area contributed by atoms with Crippen molar-refractivity contribution in [3.05, 3.63) is 27.0 Å². The third-order valence-corrected chi connectivity index (χ3v) is 5.85. The first-order valence-electron chi connectivity index (χ1n) is 11.7. The van der Waals surface area contributed by atoms with Gasteiger partial charge in [0.15, 0.2) is 6.23 Å². The number of phosphoric ester groups is 1. The molecule has 0 amide bonds. The van der Waals surface area contributed by atoms with Gasteiger partial charge in [-0.2, -0.15) is 9.78 Å². The molecule has 0 spiro atoms. The van der Waals surface area contributed by atoms with Gasteiger partial charge in [0.1, 0.15) is 6.20 Å². The first kappa shape index (κ1) is 36.5. The van der Waals surface area contributed by atoms with Crippen molar-refractivity contribution in [2.75, 3.05) is 34.4 Å². The highest BCUT2D eigenvalue weighted by molar-refractivity contribution is 7.48. The van der Waals surface area contributed by atoms with Gasteiger partial charge >= 0.3 is 25.5 Å². The van der Waals surface area contributed by atoms with E-state index in [1.807, 2.05) is 0 Å². The van der Waals surface area contributed by atoms with Crippen LogP contribution in [0.25, 0.3) is 0 Å². The average Bonchev–Trinajstić information content (AvgIpc) is 3.33. The Labute approximate surface area is 226 Å². The van der Waals surface area contributed by atoms with Gasteiger partial charge in [0.25, 0.3) is 5.56 Å². The fourth-order valence-electron chi connectivity index (χ4n) is 2.56. The van der Waals surface area contributed by atoms with Crippen LogP contribution in [0.2, 0.25) is 0 Å². The molecular formula is C22H40N3O13P. The van der Waals surface area contributed by atoms with Crippen molar-refractivity contribution in [3.8, 4) is 0 Å². The van der Waals surface area contributed by atoms with Crippen molar-refractivity contribution in [3.63, 3.8) is 0 Å². The van der Waals surface area contributed by atoms with E-state index in [2.05, 4.69) is 10.1 Å². The molecule has 1 aromatic rings. The predicted molar refractivity (Wildman–Crippen MR) is 135 cm³/mol. The summed E-state index contributed by atoms with van der Waals surface area (Å²) < 4.78 is 45.1. The van der Waals surface area contributed by atoms with Crippen LogP contribution in [0.1, 0.15) is 60.6 Å². The molecule has 0 bridgehead atoms. The Morgan fingerprint density at radius 2 is 1.46 bits per heavy atom. The van der Waals surface area contributed by atoms with E-state index in [0.29, 0.717) is 12.8 Å². The summed E-state index contributed by atoms with van der Waals surface area (Å²) in [7, 11) is -2.36. The predicted octanol–water partition coefficient (Wildman–Crippen LogP) is 1.08. The number of hydrogen-bond donors (Lipinski definition) is 3. The number of aromatic amines is 1. The highest BCUT2D eigenvalue weighted by Crippen LogP contribution is 2.50. The second-order valence-electron chi connectivity index (χ2n) is 9.77. The average molecular weight is 586 g/mol. The fraction of sp³-hybridized carbons (Fsp3) is 0.773. The number of nitrogens with one attached hydrogen (secondary N) is 1. The molecule has 0 radical (unpaired) electrons. The van der Waals surface area contributed by atoms with Gasteiger partial charge in [-0.15, -0.1) is 0 Å². The van der Waals surface area contributed by atoms with E-state index in [9.17, 15) is 23.7 Å². The summed E-state index contributed by atoms with van der Waals surface area (Å²) in [5.74, 6) is -1.21. The van der Waals surface area contributed by atoms with Gasteiger partial charge in [0, 0.05) is 14.2 Å². The number of aliphatic hydroxyl groups is 2. The molecular weight excluding hydrogens is 545 g/mol. The number of carbonyl (C=O) groups excluding carboxylic acids is 2. The SMILES string of the molecule is CC(C)(C)C(=O)OCOP(=O)(OCOC(=O)C(C)(C)C)OCC1CCC(n2ncc(=O)[nH]c2=O)O1.CO.CO. The number of H-pyrrole nitrogens is 1. The van der Waals surface area contributed by atoms with E-state index < -0.39 is 67.8 Å². The highest BCUT2D eigenvalue weighted by atomic mass is 31.2. The number of aliphatic hydroxyl groups excluding tert-OH is 2. The highest BCUT2D eigenvalue weighted by Gasteiger charge is 2.35.